The Balaban J connectivity index is 0.00000181. The fourth-order valence-corrected chi connectivity index (χ4v) is 3.72. The molecule has 0 bridgehead atoms. The van der Waals surface area contributed by atoms with E-state index in [-0.39, 0.29) is 46.1 Å². The predicted octanol–water partition coefficient (Wildman–Crippen LogP) is -0.556. The second kappa shape index (κ2) is 9.60. The van der Waals surface area contributed by atoms with Crippen LogP contribution in [0.4, 0.5) is 24.7 Å². The zero-order valence-corrected chi connectivity index (χ0v) is 17.1. The van der Waals surface area contributed by atoms with Gasteiger partial charge in [0.25, 0.3) is 0 Å². The van der Waals surface area contributed by atoms with Crippen molar-refractivity contribution in [3.8, 4) is 5.82 Å². The van der Waals surface area contributed by atoms with E-state index in [1.165, 1.54) is 4.90 Å². The maximum atomic E-state index is 14.7. The Hall–Kier alpha value is -3.43. The minimum atomic E-state index is -1.64. The number of rotatable bonds is 3. The molecule has 1 aliphatic heterocycles. The van der Waals surface area contributed by atoms with Crippen molar-refractivity contribution in [3.63, 3.8) is 0 Å². The number of pyridine rings is 2. The average Bonchev–Trinajstić information content (AvgIpc) is 2.63. The number of nitrogens with zero attached hydrogens (tertiary/aromatic N) is 3. The molecule has 33 heavy (non-hydrogen) atoms. The van der Waals surface area contributed by atoms with Crippen LogP contribution in [0.25, 0.3) is 16.7 Å². The monoisotopic (exact) mass is 494 g/mol. The molecular weight excluding hydrogens is 477 g/mol. The Bertz CT molecular complexity index is 1300. The van der Waals surface area contributed by atoms with Gasteiger partial charge in [0.1, 0.15) is 11.5 Å². The summed E-state index contributed by atoms with van der Waals surface area (Å²) in [5, 5.41) is 18.3. The van der Waals surface area contributed by atoms with Gasteiger partial charge in [-0.15, -0.1) is 0 Å². The zero-order chi connectivity index (χ0) is 21.9. The van der Waals surface area contributed by atoms with E-state index in [0.29, 0.717) is 16.7 Å². The topological polar surface area (TPSA) is 216 Å². The molecule has 0 spiro atoms. The summed E-state index contributed by atoms with van der Waals surface area (Å²) in [6.07, 6.45) is -0.722. The van der Waals surface area contributed by atoms with Crippen LogP contribution in [0.2, 0.25) is 5.02 Å². The third-order valence-electron chi connectivity index (χ3n) is 4.71. The normalized spacial score (nSPS) is 12.9. The van der Waals surface area contributed by atoms with Gasteiger partial charge in [0.05, 0.1) is 27.7 Å². The van der Waals surface area contributed by atoms with Crippen molar-refractivity contribution >= 4 is 40.0 Å². The number of fused-ring (bicyclic) bond motifs is 1. The number of carbonyl (C=O) groups is 1. The lowest BCUT2D eigenvalue weighted by atomic mass is 10.1. The summed E-state index contributed by atoms with van der Waals surface area (Å²) in [7, 11) is 0. The molecule has 2 aromatic heterocycles. The van der Waals surface area contributed by atoms with Gasteiger partial charge in [-0.2, -0.15) is 0 Å². The number of aliphatic hydroxyl groups is 1. The first-order valence-electron chi connectivity index (χ1n) is 8.46. The average molecular weight is 495 g/mol. The molecular formula is C18H18ClF3N4O7. The van der Waals surface area contributed by atoms with Crippen molar-refractivity contribution in [3.05, 3.63) is 56.6 Å². The number of aromatic nitrogens is 2. The fraction of sp³-hybridized carbons (Fsp3) is 0.167. The molecule has 0 radical (unpaired) electrons. The van der Waals surface area contributed by atoms with E-state index >= 15 is 0 Å². The molecule has 0 aliphatic carbocycles. The molecule has 1 aromatic carbocycles. The first-order chi connectivity index (χ1) is 14.1. The molecule has 15 heteroatoms. The van der Waals surface area contributed by atoms with E-state index in [4.69, 9.17) is 17.3 Å². The van der Waals surface area contributed by atoms with Crippen molar-refractivity contribution in [2.24, 2.45) is 0 Å². The van der Waals surface area contributed by atoms with Crippen LogP contribution in [0.1, 0.15) is 10.5 Å². The third kappa shape index (κ3) is 4.29. The first-order valence-corrected chi connectivity index (χ1v) is 8.84. The summed E-state index contributed by atoms with van der Waals surface area (Å²) >= 11 is 6.36. The van der Waals surface area contributed by atoms with Crippen LogP contribution in [-0.4, -0.2) is 61.4 Å². The Morgan fingerprint density at radius 2 is 1.70 bits per heavy atom. The number of nitrogens with two attached hydrogens (primary N) is 1. The summed E-state index contributed by atoms with van der Waals surface area (Å²) in [6.45, 7) is 0.0855. The molecule has 3 aromatic rings. The Morgan fingerprint density at radius 3 is 2.24 bits per heavy atom. The van der Waals surface area contributed by atoms with Crippen LogP contribution in [0, 0.1) is 17.5 Å². The number of hydrogen-bond acceptors (Lipinski definition) is 6. The molecule has 180 valence electrons. The number of halogens is 4. The van der Waals surface area contributed by atoms with E-state index in [0.717, 1.165) is 6.07 Å². The largest absolute Gasteiger partial charge is 0.477 e. The second-order valence-corrected chi connectivity index (χ2v) is 7.05. The number of aromatic carboxylic acids is 1. The minimum Gasteiger partial charge on any atom is -0.477 e. The Kier molecular flexibility index (Phi) is 8.03. The highest BCUT2D eigenvalue weighted by Gasteiger charge is 2.32. The molecule has 11 nitrogen and oxygen atoms in total. The summed E-state index contributed by atoms with van der Waals surface area (Å²) < 4.78 is 43.6. The van der Waals surface area contributed by atoms with Gasteiger partial charge in [0.2, 0.25) is 0 Å². The lowest BCUT2D eigenvalue weighted by Crippen LogP contribution is -2.51. The van der Waals surface area contributed by atoms with E-state index in [1.807, 2.05) is 0 Å². The molecule has 10 N–H and O–H groups in total. The van der Waals surface area contributed by atoms with E-state index in [2.05, 4.69) is 4.98 Å². The number of carboxylic acid groups (broad SMARTS) is 1. The summed E-state index contributed by atoms with van der Waals surface area (Å²) in [6, 6.07) is 1.88. The zero-order valence-electron chi connectivity index (χ0n) is 16.4. The molecule has 1 fully saturated rings. The van der Waals surface area contributed by atoms with Gasteiger partial charge in [-0.3, -0.25) is 9.36 Å². The number of aliphatic hydroxyl groups excluding tert-OH is 1. The Morgan fingerprint density at radius 1 is 1.09 bits per heavy atom. The SMILES string of the molecule is Nc1nc(-n2c(C(=O)O)cc(=O)c3cc(F)c(N4CC(O)C4)c(Cl)c32)c(F)cc1F.O.O.O. The minimum absolute atomic E-state index is 0. The van der Waals surface area contributed by atoms with Crippen LogP contribution < -0.4 is 16.1 Å². The van der Waals surface area contributed by atoms with E-state index < -0.39 is 57.3 Å². The van der Waals surface area contributed by atoms with Gasteiger partial charge < -0.3 is 37.3 Å². The molecule has 4 rings (SSSR count). The standard InChI is InChI=1S/C18H12ClF3N4O4.3H2O/c19-13-14-7(1-8(20)15(13)25-4-6(27)5-25)12(28)3-11(18(29)30)26(14)17-10(22)2-9(21)16(23)24-17;;;/h1-3,6,27H,4-5H2,(H2,23,24)(H,29,30);3*1H2. The van der Waals surface area contributed by atoms with Crippen LogP contribution in [0.3, 0.4) is 0 Å². The van der Waals surface area contributed by atoms with Gasteiger partial charge in [-0.25, -0.2) is 22.9 Å². The van der Waals surface area contributed by atoms with Crippen molar-refractivity contribution in [1.29, 1.82) is 0 Å². The van der Waals surface area contributed by atoms with Crippen molar-refractivity contribution in [1.82, 2.24) is 9.55 Å². The molecule has 1 aliphatic rings. The van der Waals surface area contributed by atoms with Crippen LogP contribution in [-0.2, 0) is 0 Å². The fourth-order valence-electron chi connectivity index (χ4n) is 3.32. The van der Waals surface area contributed by atoms with Gasteiger partial charge in [0, 0.05) is 25.2 Å². The second-order valence-electron chi connectivity index (χ2n) is 6.67. The van der Waals surface area contributed by atoms with Crippen LogP contribution >= 0.6 is 11.6 Å². The number of benzene rings is 1. The lowest BCUT2D eigenvalue weighted by Gasteiger charge is -2.38. The van der Waals surface area contributed by atoms with Gasteiger partial charge in [0.15, 0.2) is 28.7 Å². The van der Waals surface area contributed by atoms with Gasteiger partial charge in [-0.05, 0) is 6.07 Å². The van der Waals surface area contributed by atoms with E-state index in [9.17, 15) is 33.0 Å². The summed E-state index contributed by atoms with van der Waals surface area (Å²) in [5.74, 6) is -6.45. The van der Waals surface area contributed by atoms with Crippen molar-refractivity contribution < 1.29 is 44.6 Å². The molecule has 0 saturated carbocycles. The molecule has 3 heterocycles. The highest BCUT2D eigenvalue weighted by atomic mass is 35.5. The highest BCUT2D eigenvalue weighted by molar-refractivity contribution is 6.38. The van der Waals surface area contributed by atoms with Crippen LogP contribution in [0.5, 0.6) is 0 Å². The summed E-state index contributed by atoms with van der Waals surface area (Å²) in [4.78, 5) is 29.2. The van der Waals surface area contributed by atoms with Gasteiger partial charge >= 0.3 is 5.97 Å². The molecule has 0 amide bonds. The molecule has 0 atom stereocenters. The number of nitrogen functional groups attached to an aromatic ring is 1. The maximum Gasteiger partial charge on any atom is 0.353 e. The number of anilines is 2. The molecule has 1 saturated heterocycles. The van der Waals surface area contributed by atoms with Gasteiger partial charge in [-0.1, -0.05) is 11.6 Å². The number of hydrogen-bond donors (Lipinski definition) is 3. The maximum absolute atomic E-state index is 14.7. The first kappa shape index (κ1) is 27.6. The quantitative estimate of drug-likeness (QED) is 0.430. The predicted molar refractivity (Wildman–Crippen MR) is 113 cm³/mol. The number of carboxylic acids is 1. The third-order valence-corrected chi connectivity index (χ3v) is 5.07. The van der Waals surface area contributed by atoms with E-state index in [1.54, 1.807) is 0 Å². The lowest BCUT2D eigenvalue weighted by molar-refractivity contribution is 0.0687. The smallest absolute Gasteiger partial charge is 0.353 e. The van der Waals surface area contributed by atoms with Crippen molar-refractivity contribution in [2.75, 3.05) is 23.7 Å². The molecule has 0 unspecified atom stereocenters. The highest BCUT2D eigenvalue weighted by Crippen LogP contribution is 2.39. The van der Waals surface area contributed by atoms with Crippen LogP contribution in [0.15, 0.2) is 23.0 Å². The summed E-state index contributed by atoms with van der Waals surface area (Å²) in [5.41, 5.74) is 3.22. The Labute approximate surface area is 187 Å². The number of β-amino-alcohol motifs (C(OH)–C–C–N with tert-alkyl or cyclic N) is 1. The van der Waals surface area contributed by atoms with Crippen molar-refractivity contribution in [2.45, 2.75) is 6.10 Å².